The lowest BCUT2D eigenvalue weighted by molar-refractivity contribution is -0.137. The molecule has 14 aromatic carbocycles. The van der Waals surface area contributed by atoms with E-state index in [0.29, 0.717) is 28.1 Å². The molecule has 96 heavy (non-hydrogen) atoms. The van der Waals surface area contributed by atoms with Gasteiger partial charge in [0.05, 0.1) is 88.7 Å². The molecule has 0 saturated carbocycles. The van der Waals surface area contributed by atoms with Crippen molar-refractivity contribution >= 4 is 131 Å². The zero-order valence-electron chi connectivity index (χ0n) is 51.1. The number of aromatic nitrogens is 6. The fourth-order valence-corrected chi connectivity index (χ4v) is 16.1. The molecule has 0 N–H and O–H groups in total. The number of fused-ring (bicyclic) bond motifs is 18. The van der Waals surface area contributed by atoms with Gasteiger partial charge in [0.25, 0.3) is 0 Å². The number of para-hydroxylation sites is 9. The molecule has 0 fully saturated rings. The van der Waals surface area contributed by atoms with Gasteiger partial charge in [-0.15, -0.1) is 0 Å². The molecule has 0 aliphatic rings. The van der Waals surface area contributed by atoms with Gasteiger partial charge in [0.1, 0.15) is 6.07 Å². The molecule has 6 aromatic heterocycles. The van der Waals surface area contributed by atoms with Crippen molar-refractivity contribution in [3.05, 3.63) is 314 Å². The van der Waals surface area contributed by atoms with Gasteiger partial charge in [-0.05, 0) is 146 Å². The average Bonchev–Trinajstić information content (AvgIpc) is 1.64. The molecule has 10 heteroatoms. The second kappa shape index (κ2) is 20.1. The predicted molar refractivity (Wildman–Crippen MR) is 388 cm³/mol. The molecule has 0 radical (unpaired) electrons. The van der Waals surface area contributed by atoms with Crippen molar-refractivity contribution < 1.29 is 13.2 Å². The number of rotatable bonds is 7. The second-order valence-electron chi connectivity index (χ2n) is 25.0. The van der Waals surface area contributed by atoms with E-state index in [2.05, 4.69) is 300 Å². The molecule has 0 aliphatic heterocycles. The molecule has 450 valence electrons. The molecule has 0 spiro atoms. The van der Waals surface area contributed by atoms with Crippen LogP contribution < -0.4 is 0 Å². The smallest absolute Gasteiger partial charge is 0.309 e. The molecule has 20 aromatic rings. The molecular formula is C86H50F3N7. The van der Waals surface area contributed by atoms with Crippen LogP contribution in [0.4, 0.5) is 13.2 Å². The van der Waals surface area contributed by atoms with E-state index in [1.165, 1.54) is 12.1 Å². The summed E-state index contributed by atoms with van der Waals surface area (Å²) >= 11 is 0. The van der Waals surface area contributed by atoms with E-state index in [9.17, 15) is 5.26 Å². The maximum atomic E-state index is 15.8. The van der Waals surface area contributed by atoms with Crippen molar-refractivity contribution in [2.24, 2.45) is 0 Å². The van der Waals surface area contributed by atoms with E-state index in [-0.39, 0.29) is 0 Å². The Balaban J connectivity index is 0.872. The van der Waals surface area contributed by atoms with E-state index < -0.39 is 11.7 Å². The van der Waals surface area contributed by atoms with Crippen LogP contribution in [-0.2, 0) is 6.18 Å². The van der Waals surface area contributed by atoms with Crippen LogP contribution in [0.3, 0.4) is 0 Å². The van der Waals surface area contributed by atoms with Gasteiger partial charge in [-0.1, -0.05) is 158 Å². The van der Waals surface area contributed by atoms with E-state index in [0.717, 1.165) is 154 Å². The molecular weight excluding hydrogens is 1190 g/mol. The molecule has 0 aliphatic carbocycles. The Labute approximate surface area is 545 Å². The number of nitriles is 1. The maximum absolute atomic E-state index is 15.8. The summed E-state index contributed by atoms with van der Waals surface area (Å²) in [5.41, 5.74) is 16.5. The molecule has 0 atom stereocenters. The van der Waals surface area contributed by atoms with E-state index in [1.54, 1.807) is 18.2 Å². The first kappa shape index (κ1) is 53.8. The number of hydrogen-bond donors (Lipinski definition) is 0. The summed E-state index contributed by atoms with van der Waals surface area (Å²) in [7, 11) is 0. The van der Waals surface area contributed by atoms with Gasteiger partial charge in [-0.3, -0.25) is 0 Å². The summed E-state index contributed by atoms with van der Waals surface area (Å²) in [4.78, 5) is 0. The van der Waals surface area contributed by atoms with Crippen molar-refractivity contribution in [2.45, 2.75) is 6.18 Å². The lowest BCUT2D eigenvalue weighted by Crippen LogP contribution is -2.08. The summed E-state index contributed by atoms with van der Waals surface area (Å²) in [6.07, 6.45) is -4.73. The quantitative estimate of drug-likeness (QED) is 0.157. The number of nitrogens with zero attached hydrogens (tertiary/aromatic N) is 7. The molecule has 0 amide bonds. The lowest BCUT2D eigenvalue weighted by Gasteiger charge is -2.21. The highest BCUT2D eigenvalue weighted by molar-refractivity contribution is 6.17. The Morgan fingerprint density at radius 2 is 0.521 bits per heavy atom. The first-order chi connectivity index (χ1) is 47.3. The number of hydrogen-bond acceptors (Lipinski definition) is 1. The van der Waals surface area contributed by atoms with Gasteiger partial charge in [0, 0.05) is 98.5 Å². The Morgan fingerprint density at radius 1 is 0.240 bits per heavy atom. The predicted octanol–water partition coefficient (Wildman–Crippen LogP) is 22.8. The topological polar surface area (TPSA) is 53.4 Å². The highest BCUT2D eigenvalue weighted by atomic mass is 19.4. The average molecular weight is 1240 g/mol. The van der Waals surface area contributed by atoms with Gasteiger partial charge in [0.15, 0.2) is 0 Å². The van der Waals surface area contributed by atoms with Crippen molar-refractivity contribution in [2.75, 3.05) is 0 Å². The molecule has 0 unspecified atom stereocenters. The summed E-state index contributed by atoms with van der Waals surface area (Å²) in [5, 5.41) is 24.2. The number of halogens is 3. The minimum atomic E-state index is -4.73. The van der Waals surface area contributed by atoms with Crippen LogP contribution in [0.1, 0.15) is 11.1 Å². The molecule has 7 nitrogen and oxygen atoms in total. The fraction of sp³-hybridized carbons (Fsp3) is 0.0116. The Bertz CT molecular complexity index is 6240. The van der Waals surface area contributed by atoms with Gasteiger partial charge in [-0.2, -0.15) is 18.4 Å². The standard InChI is InChI=1S/C86H50F3N7/c87-86(88,89)53-36-41-80(95-81-42-37-54(91-72-28-9-1-19-58(72)59-20-2-10-29-73(59)91)47-68(81)69-48-55(38-43-82(69)95)92-74-30-11-3-21-60(74)61-22-4-12-31-75(61)92)67(46-53)66-27-17-18-52(51-90)85(66)96-83-44-39-56(93-76-32-13-5-23-62(76)63-24-6-14-33-77(63)93)49-70(83)71-50-57(40-45-84(71)96)94-78-34-15-7-25-64(78)65-26-8-16-35-79(65)94/h1-50H. The first-order valence-corrected chi connectivity index (χ1v) is 32.1. The fourth-order valence-electron chi connectivity index (χ4n) is 16.1. The highest BCUT2D eigenvalue weighted by Crippen LogP contribution is 2.47. The third-order valence-corrected chi connectivity index (χ3v) is 20.1. The highest BCUT2D eigenvalue weighted by Gasteiger charge is 2.33. The summed E-state index contributed by atoms with van der Waals surface area (Å²) in [6, 6.07) is 105. The van der Waals surface area contributed by atoms with Gasteiger partial charge >= 0.3 is 6.18 Å². The Morgan fingerprint density at radius 3 is 0.812 bits per heavy atom. The Kier molecular flexibility index (Phi) is 11.3. The molecule has 6 heterocycles. The minimum Gasteiger partial charge on any atom is -0.309 e. The van der Waals surface area contributed by atoms with Crippen LogP contribution in [0, 0.1) is 11.3 Å². The van der Waals surface area contributed by atoms with Crippen molar-refractivity contribution in [3.8, 4) is 51.3 Å². The lowest BCUT2D eigenvalue weighted by atomic mass is 9.96. The minimum absolute atomic E-state index is 0.293. The summed E-state index contributed by atoms with van der Waals surface area (Å²) in [5.74, 6) is 0. The van der Waals surface area contributed by atoms with E-state index in [1.807, 2.05) is 6.07 Å². The van der Waals surface area contributed by atoms with Gasteiger partial charge in [-0.25, -0.2) is 0 Å². The Hall–Kier alpha value is -12.8. The summed E-state index contributed by atoms with van der Waals surface area (Å²) in [6.45, 7) is 0. The summed E-state index contributed by atoms with van der Waals surface area (Å²) < 4.78 is 60.9. The van der Waals surface area contributed by atoms with E-state index >= 15 is 13.2 Å². The van der Waals surface area contributed by atoms with Crippen LogP contribution in [0.25, 0.3) is 176 Å². The van der Waals surface area contributed by atoms with Crippen LogP contribution in [0.15, 0.2) is 303 Å². The number of benzene rings is 14. The van der Waals surface area contributed by atoms with Gasteiger partial charge in [0.2, 0.25) is 0 Å². The zero-order valence-corrected chi connectivity index (χ0v) is 51.1. The van der Waals surface area contributed by atoms with Crippen molar-refractivity contribution in [1.29, 1.82) is 5.26 Å². The third-order valence-electron chi connectivity index (χ3n) is 20.1. The van der Waals surface area contributed by atoms with Crippen molar-refractivity contribution in [1.82, 2.24) is 27.4 Å². The molecule has 20 rings (SSSR count). The van der Waals surface area contributed by atoms with Crippen LogP contribution >= 0.6 is 0 Å². The number of alkyl halides is 3. The molecule has 0 bridgehead atoms. The third kappa shape index (κ3) is 7.59. The van der Waals surface area contributed by atoms with Crippen LogP contribution in [0.2, 0.25) is 0 Å². The van der Waals surface area contributed by atoms with E-state index in [4.69, 9.17) is 0 Å². The zero-order chi connectivity index (χ0) is 63.7. The molecule has 0 saturated heterocycles. The van der Waals surface area contributed by atoms with Crippen LogP contribution in [-0.4, -0.2) is 27.4 Å². The first-order valence-electron chi connectivity index (χ1n) is 32.1. The largest absolute Gasteiger partial charge is 0.416 e. The maximum Gasteiger partial charge on any atom is 0.416 e. The van der Waals surface area contributed by atoms with Crippen LogP contribution in [0.5, 0.6) is 0 Å². The normalized spacial score (nSPS) is 12.3. The van der Waals surface area contributed by atoms with Crippen molar-refractivity contribution in [3.63, 3.8) is 0 Å². The SMILES string of the molecule is N#Cc1cccc(-c2cc(C(F)(F)F)ccc2-n2c3ccc(-n4c5ccccc5c5ccccc54)cc3c3cc(-n4c5ccccc5c5ccccc54)ccc32)c1-n1c2ccc(-n3c4ccccc4c4ccccc43)cc2c2cc(-n3c4ccccc4c4ccccc43)ccc21. The van der Waals surface area contributed by atoms with Gasteiger partial charge < -0.3 is 27.4 Å². The second-order valence-corrected chi connectivity index (χ2v) is 25.0. The monoisotopic (exact) mass is 1240 g/mol.